The number of imidazole rings is 1. The molecule has 1 aromatic carbocycles. The monoisotopic (exact) mass is 361 g/mol. The molecule has 1 N–H and O–H groups in total. The molecular weight excluding hydrogens is 334 g/mol. The molecule has 0 saturated heterocycles. The lowest BCUT2D eigenvalue weighted by atomic mass is 9.88. The Balaban J connectivity index is 1.59. The summed E-state index contributed by atoms with van der Waals surface area (Å²) in [6.07, 6.45) is 6.40. The maximum absolute atomic E-state index is 13.1. The van der Waals surface area contributed by atoms with Crippen molar-refractivity contribution in [3.05, 3.63) is 64.6 Å². The second-order valence-corrected chi connectivity index (χ2v) is 7.52. The van der Waals surface area contributed by atoms with E-state index in [4.69, 9.17) is 4.98 Å². The SMILES string of the molecule is CCc1cccc(CC)c1NC(=O)C1CCc2nc3cc(C)ccn3c2C1. The zero-order valence-electron chi connectivity index (χ0n) is 16.4. The molecule has 0 bridgehead atoms. The van der Waals surface area contributed by atoms with Crippen molar-refractivity contribution in [3.8, 4) is 0 Å². The van der Waals surface area contributed by atoms with Crippen LogP contribution in [0, 0.1) is 12.8 Å². The number of hydrogen-bond acceptors (Lipinski definition) is 2. The minimum atomic E-state index is -0.00618. The molecule has 4 rings (SSSR count). The normalized spacial score (nSPS) is 16.3. The highest BCUT2D eigenvalue weighted by atomic mass is 16.1. The first-order chi connectivity index (χ1) is 13.1. The third-order valence-electron chi connectivity index (χ3n) is 5.75. The average molecular weight is 361 g/mol. The Bertz CT molecular complexity index is 980. The quantitative estimate of drug-likeness (QED) is 0.743. The van der Waals surface area contributed by atoms with Gasteiger partial charge in [0.05, 0.1) is 5.69 Å². The van der Waals surface area contributed by atoms with E-state index in [1.165, 1.54) is 22.4 Å². The number of fused-ring (bicyclic) bond motifs is 3. The minimum absolute atomic E-state index is 0.00618. The Morgan fingerprint density at radius 1 is 1.22 bits per heavy atom. The Labute approximate surface area is 160 Å². The Hall–Kier alpha value is -2.62. The largest absolute Gasteiger partial charge is 0.325 e. The number of nitrogens with zero attached hydrogens (tertiary/aromatic N) is 2. The van der Waals surface area contributed by atoms with E-state index in [2.05, 4.69) is 67.0 Å². The van der Waals surface area contributed by atoms with Gasteiger partial charge in [-0.1, -0.05) is 32.0 Å². The summed E-state index contributed by atoms with van der Waals surface area (Å²) in [6.45, 7) is 6.36. The van der Waals surface area contributed by atoms with Crippen molar-refractivity contribution in [1.82, 2.24) is 9.38 Å². The fraction of sp³-hybridized carbons (Fsp3) is 0.391. The molecule has 3 aromatic rings. The van der Waals surface area contributed by atoms with E-state index in [0.29, 0.717) is 0 Å². The van der Waals surface area contributed by atoms with Crippen LogP contribution in [0.15, 0.2) is 36.5 Å². The van der Waals surface area contributed by atoms with Crippen LogP contribution in [-0.4, -0.2) is 15.3 Å². The predicted octanol–water partition coefficient (Wildman–Crippen LogP) is 4.51. The van der Waals surface area contributed by atoms with Gasteiger partial charge in [0.25, 0.3) is 0 Å². The van der Waals surface area contributed by atoms with Gasteiger partial charge in [0, 0.05) is 29.9 Å². The number of amides is 1. The van der Waals surface area contributed by atoms with Crippen LogP contribution in [0.5, 0.6) is 0 Å². The van der Waals surface area contributed by atoms with Crippen molar-refractivity contribution in [2.45, 2.75) is 52.9 Å². The van der Waals surface area contributed by atoms with Crippen LogP contribution in [0.3, 0.4) is 0 Å². The summed E-state index contributed by atoms with van der Waals surface area (Å²) in [6, 6.07) is 10.5. The number of para-hydroxylation sites is 1. The van der Waals surface area contributed by atoms with E-state index in [0.717, 1.165) is 49.1 Å². The number of aromatic nitrogens is 2. The number of rotatable bonds is 4. The van der Waals surface area contributed by atoms with Crippen molar-refractivity contribution in [1.29, 1.82) is 0 Å². The molecule has 1 amide bonds. The highest BCUT2D eigenvalue weighted by molar-refractivity contribution is 5.94. The van der Waals surface area contributed by atoms with E-state index < -0.39 is 0 Å². The number of benzene rings is 1. The number of anilines is 1. The van der Waals surface area contributed by atoms with Gasteiger partial charge in [-0.15, -0.1) is 0 Å². The summed E-state index contributed by atoms with van der Waals surface area (Å²) in [5.74, 6) is 0.131. The molecule has 0 fully saturated rings. The van der Waals surface area contributed by atoms with Crippen LogP contribution < -0.4 is 5.32 Å². The molecule has 27 heavy (non-hydrogen) atoms. The third-order valence-corrected chi connectivity index (χ3v) is 5.75. The molecule has 1 aliphatic carbocycles. The minimum Gasteiger partial charge on any atom is -0.325 e. The van der Waals surface area contributed by atoms with E-state index >= 15 is 0 Å². The molecule has 1 atom stereocenters. The number of aryl methyl sites for hydroxylation is 4. The molecule has 1 unspecified atom stereocenters. The van der Waals surface area contributed by atoms with Crippen LogP contribution in [-0.2, 0) is 30.5 Å². The van der Waals surface area contributed by atoms with Gasteiger partial charge in [-0.3, -0.25) is 4.79 Å². The number of nitrogens with one attached hydrogen (secondary N) is 1. The number of pyridine rings is 1. The number of carbonyl (C=O) groups excluding carboxylic acids is 1. The van der Waals surface area contributed by atoms with Gasteiger partial charge >= 0.3 is 0 Å². The third kappa shape index (κ3) is 3.25. The zero-order chi connectivity index (χ0) is 19.0. The molecule has 4 heteroatoms. The Morgan fingerprint density at radius 2 is 1.96 bits per heavy atom. The van der Waals surface area contributed by atoms with Gasteiger partial charge in [-0.25, -0.2) is 4.98 Å². The summed E-state index contributed by atoms with van der Waals surface area (Å²) in [5.41, 5.74) is 7.98. The molecule has 140 valence electrons. The number of hydrogen-bond donors (Lipinski definition) is 1. The van der Waals surface area contributed by atoms with Crippen molar-refractivity contribution < 1.29 is 4.79 Å². The van der Waals surface area contributed by atoms with E-state index in [1.54, 1.807) is 0 Å². The van der Waals surface area contributed by atoms with E-state index in [1.807, 2.05) is 0 Å². The lowest BCUT2D eigenvalue weighted by molar-refractivity contribution is -0.120. The Kier molecular flexibility index (Phi) is 4.73. The molecule has 4 nitrogen and oxygen atoms in total. The predicted molar refractivity (Wildman–Crippen MR) is 109 cm³/mol. The molecule has 2 aromatic heterocycles. The van der Waals surface area contributed by atoms with Gasteiger partial charge < -0.3 is 9.72 Å². The first-order valence-corrected chi connectivity index (χ1v) is 9.98. The van der Waals surface area contributed by atoms with Gasteiger partial charge in [0.2, 0.25) is 5.91 Å². The summed E-state index contributed by atoms with van der Waals surface area (Å²) in [4.78, 5) is 17.9. The zero-order valence-corrected chi connectivity index (χ0v) is 16.4. The van der Waals surface area contributed by atoms with Gasteiger partial charge in [0.1, 0.15) is 5.65 Å². The smallest absolute Gasteiger partial charge is 0.227 e. The van der Waals surface area contributed by atoms with E-state index in [9.17, 15) is 4.79 Å². The topological polar surface area (TPSA) is 46.4 Å². The van der Waals surface area contributed by atoms with Crippen molar-refractivity contribution in [3.63, 3.8) is 0 Å². The average Bonchev–Trinajstić information content (AvgIpc) is 3.04. The van der Waals surface area contributed by atoms with Gasteiger partial charge in [0.15, 0.2) is 0 Å². The molecule has 0 aliphatic heterocycles. The second-order valence-electron chi connectivity index (χ2n) is 7.52. The maximum Gasteiger partial charge on any atom is 0.227 e. The van der Waals surface area contributed by atoms with Gasteiger partial charge in [-0.2, -0.15) is 0 Å². The van der Waals surface area contributed by atoms with E-state index in [-0.39, 0.29) is 11.8 Å². The fourth-order valence-electron chi connectivity index (χ4n) is 4.16. The molecule has 1 aliphatic rings. The van der Waals surface area contributed by atoms with Crippen LogP contribution in [0.25, 0.3) is 5.65 Å². The molecule has 2 heterocycles. The molecular formula is C23H27N3O. The first kappa shape index (κ1) is 17.8. The highest BCUT2D eigenvalue weighted by Crippen LogP contribution is 2.29. The highest BCUT2D eigenvalue weighted by Gasteiger charge is 2.28. The van der Waals surface area contributed by atoms with Crippen LogP contribution in [0.1, 0.15) is 48.3 Å². The summed E-state index contributed by atoms with van der Waals surface area (Å²) >= 11 is 0. The lowest BCUT2D eigenvalue weighted by Crippen LogP contribution is -2.29. The second kappa shape index (κ2) is 7.18. The van der Waals surface area contributed by atoms with Crippen LogP contribution in [0.2, 0.25) is 0 Å². The van der Waals surface area contributed by atoms with Crippen LogP contribution in [0.4, 0.5) is 5.69 Å². The van der Waals surface area contributed by atoms with Crippen LogP contribution >= 0.6 is 0 Å². The van der Waals surface area contributed by atoms with Crippen molar-refractivity contribution >= 4 is 17.2 Å². The Morgan fingerprint density at radius 3 is 2.67 bits per heavy atom. The first-order valence-electron chi connectivity index (χ1n) is 9.98. The summed E-state index contributed by atoms with van der Waals surface area (Å²) < 4.78 is 2.15. The van der Waals surface area contributed by atoms with Crippen molar-refractivity contribution in [2.75, 3.05) is 5.32 Å². The molecule has 0 saturated carbocycles. The number of carbonyl (C=O) groups is 1. The summed E-state index contributed by atoms with van der Waals surface area (Å²) in [7, 11) is 0. The van der Waals surface area contributed by atoms with Crippen molar-refractivity contribution in [2.24, 2.45) is 5.92 Å². The standard InChI is InChI=1S/C23H27N3O/c1-4-16-7-6-8-17(5-2)22(16)25-23(27)18-9-10-19-20(14-18)26-12-11-15(3)13-21(26)24-19/h6-8,11-13,18H,4-5,9-10,14H2,1-3H3,(H,25,27). The fourth-order valence-corrected chi connectivity index (χ4v) is 4.16. The molecule has 0 spiro atoms. The maximum atomic E-state index is 13.1. The van der Waals surface area contributed by atoms with Gasteiger partial charge in [-0.05, 0) is 61.4 Å². The summed E-state index contributed by atoms with van der Waals surface area (Å²) in [5, 5.41) is 3.26. The molecule has 0 radical (unpaired) electrons. The lowest BCUT2D eigenvalue weighted by Gasteiger charge is -2.23.